The third-order valence-electron chi connectivity index (χ3n) is 6.98. The average molecular weight is 498 g/mol. The van der Waals surface area contributed by atoms with Crippen LogP contribution in [0.15, 0.2) is 78.9 Å². The molecule has 7 nitrogen and oxygen atoms in total. The Morgan fingerprint density at radius 1 is 0.892 bits per heavy atom. The molecule has 0 aliphatic heterocycles. The predicted octanol–water partition coefficient (Wildman–Crippen LogP) is 5.60. The van der Waals surface area contributed by atoms with Crippen molar-refractivity contribution in [3.63, 3.8) is 0 Å². The number of carbonyl (C=O) groups is 2. The van der Waals surface area contributed by atoms with Crippen molar-refractivity contribution in [1.29, 1.82) is 5.41 Å². The van der Waals surface area contributed by atoms with Crippen molar-refractivity contribution >= 4 is 34.7 Å². The minimum Gasteiger partial charge on any atom is -0.333 e. The molecule has 0 atom stereocenters. The van der Waals surface area contributed by atoms with E-state index in [4.69, 9.17) is 11.1 Å². The Labute approximate surface area is 218 Å². The van der Waals surface area contributed by atoms with E-state index >= 15 is 0 Å². The quantitative estimate of drug-likeness (QED) is 0.353. The highest BCUT2D eigenvalue weighted by molar-refractivity contribution is 6.10. The Morgan fingerprint density at radius 2 is 1.51 bits per heavy atom. The highest BCUT2D eigenvalue weighted by Gasteiger charge is 2.26. The lowest BCUT2D eigenvalue weighted by molar-refractivity contribution is -0.117. The molecule has 1 saturated carbocycles. The van der Waals surface area contributed by atoms with Crippen LogP contribution in [0.5, 0.6) is 0 Å². The average Bonchev–Trinajstić information content (AvgIpc) is 2.96. The maximum atomic E-state index is 13.7. The summed E-state index contributed by atoms with van der Waals surface area (Å²) in [4.78, 5) is 28.9. The van der Waals surface area contributed by atoms with E-state index in [1.807, 2.05) is 66.7 Å². The lowest BCUT2D eigenvalue weighted by Crippen LogP contribution is -2.37. The summed E-state index contributed by atoms with van der Waals surface area (Å²) in [5.74, 6) is -0.00100. The highest BCUT2D eigenvalue weighted by atomic mass is 16.2. The molecular weight excluding hydrogens is 462 g/mol. The number of urea groups is 1. The zero-order valence-electron chi connectivity index (χ0n) is 21.3. The van der Waals surface area contributed by atoms with Gasteiger partial charge in [-0.2, -0.15) is 0 Å². The molecule has 0 unspecified atom stereocenters. The summed E-state index contributed by atoms with van der Waals surface area (Å²) < 4.78 is 0. The lowest BCUT2D eigenvalue weighted by Gasteiger charge is -2.29. The molecule has 0 spiro atoms. The Bertz CT molecular complexity index is 1220. The van der Waals surface area contributed by atoms with Gasteiger partial charge in [-0.3, -0.25) is 9.69 Å². The zero-order valence-corrected chi connectivity index (χ0v) is 21.3. The second kappa shape index (κ2) is 12.3. The van der Waals surface area contributed by atoms with E-state index in [1.54, 1.807) is 24.1 Å². The van der Waals surface area contributed by atoms with Crippen LogP contribution >= 0.6 is 0 Å². The minimum absolute atomic E-state index is 0.0804. The normalized spacial score (nSPS) is 13.6. The molecule has 3 amide bonds. The number of anilines is 3. The predicted molar refractivity (Wildman–Crippen MR) is 150 cm³/mol. The number of para-hydroxylation sites is 1. The first-order valence-electron chi connectivity index (χ1n) is 12.9. The van der Waals surface area contributed by atoms with E-state index < -0.39 is 0 Å². The summed E-state index contributed by atoms with van der Waals surface area (Å²) in [5.41, 5.74) is 9.87. The Morgan fingerprint density at radius 3 is 2.19 bits per heavy atom. The molecule has 4 N–H and O–H groups in total. The van der Waals surface area contributed by atoms with Gasteiger partial charge in [0.1, 0.15) is 0 Å². The number of hydrogen-bond acceptors (Lipinski definition) is 4. The van der Waals surface area contributed by atoms with E-state index in [9.17, 15) is 9.59 Å². The second-order valence-corrected chi connectivity index (χ2v) is 9.42. The van der Waals surface area contributed by atoms with Gasteiger partial charge in [0.2, 0.25) is 5.91 Å². The summed E-state index contributed by atoms with van der Waals surface area (Å²) in [5, 5.41) is 12.1. The Kier molecular flexibility index (Phi) is 8.69. The smallest absolute Gasteiger partial charge is 0.326 e. The zero-order chi connectivity index (χ0) is 26.2. The Hall–Kier alpha value is -3.97. The second-order valence-electron chi connectivity index (χ2n) is 9.42. The topological polar surface area (TPSA) is 103 Å². The van der Waals surface area contributed by atoms with E-state index in [2.05, 4.69) is 5.32 Å². The first kappa shape index (κ1) is 26.1. The first-order chi connectivity index (χ1) is 18.0. The number of benzene rings is 3. The van der Waals surface area contributed by atoms with Crippen LogP contribution < -0.4 is 20.9 Å². The number of amides is 3. The number of carbonyl (C=O) groups excluding carboxylic acids is 2. The summed E-state index contributed by atoms with van der Waals surface area (Å²) in [6.07, 6.45) is 5.49. The van der Waals surface area contributed by atoms with Crippen LogP contribution in [0.25, 0.3) is 0 Å². The first-order valence-corrected chi connectivity index (χ1v) is 12.9. The molecule has 4 rings (SSSR count). The number of likely N-dealkylation sites (N-methyl/N-ethyl adjacent to an activating group) is 1. The van der Waals surface area contributed by atoms with Crippen molar-refractivity contribution in [1.82, 2.24) is 5.32 Å². The lowest BCUT2D eigenvalue weighted by atomic mass is 9.83. The summed E-state index contributed by atoms with van der Waals surface area (Å²) in [7, 11) is 1.68. The summed E-state index contributed by atoms with van der Waals surface area (Å²) in [6.45, 7) is 0.299. The largest absolute Gasteiger partial charge is 0.333 e. The summed E-state index contributed by atoms with van der Waals surface area (Å²) in [6, 6.07) is 24.4. The maximum absolute atomic E-state index is 13.7. The fourth-order valence-electron chi connectivity index (χ4n) is 4.83. The molecule has 7 heteroatoms. The molecule has 192 valence electrons. The fourth-order valence-corrected chi connectivity index (χ4v) is 4.83. The van der Waals surface area contributed by atoms with E-state index in [0.717, 1.165) is 36.8 Å². The van der Waals surface area contributed by atoms with Gasteiger partial charge >= 0.3 is 6.03 Å². The van der Waals surface area contributed by atoms with Gasteiger partial charge in [0.15, 0.2) is 0 Å². The molecule has 0 heterocycles. The van der Waals surface area contributed by atoms with Crippen molar-refractivity contribution in [2.24, 2.45) is 11.7 Å². The van der Waals surface area contributed by atoms with Crippen molar-refractivity contribution in [3.05, 3.63) is 90.0 Å². The molecule has 0 bridgehead atoms. The van der Waals surface area contributed by atoms with Gasteiger partial charge in [-0.1, -0.05) is 67.8 Å². The van der Waals surface area contributed by atoms with Gasteiger partial charge in [0, 0.05) is 36.5 Å². The third-order valence-corrected chi connectivity index (χ3v) is 6.98. The molecule has 3 aromatic carbocycles. The number of nitrogens with zero attached hydrogens (tertiary/aromatic N) is 2. The van der Waals surface area contributed by atoms with E-state index in [1.165, 1.54) is 11.3 Å². The van der Waals surface area contributed by atoms with Gasteiger partial charge in [0.05, 0.1) is 17.9 Å². The van der Waals surface area contributed by atoms with E-state index in [0.29, 0.717) is 29.3 Å². The molecule has 1 aliphatic rings. The van der Waals surface area contributed by atoms with E-state index in [-0.39, 0.29) is 24.4 Å². The van der Waals surface area contributed by atoms with Gasteiger partial charge < -0.3 is 21.4 Å². The number of nitrogens with one attached hydrogen (secondary N) is 2. The van der Waals surface area contributed by atoms with Crippen LogP contribution in [-0.4, -0.2) is 31.2 Å². The molecule has 1 aliphatic carbocycles. The van der Waals surface area contributed by atoms with Crippen molar-refractivity contribution in [2.75, 3.05) is 23.4 Å². The van der Waals surface area contributed by atoms with Gasteiger partial charge in [0.25, 0.3) is 0 Å². The molecule has 0 aromatic heterocycles. The SMILES string of the molecule is CN(C(=O)CN)c1ccc(N(C(=O)NCc2ccccc2)c2ccccc2C(=N)C2CCCCC2)cc1. The number of rotatable bonds is 8. The van der Waals surface area contributed by atoms with Crippen LogP contribution in [0, 0.1) is 11.3 Å². The molecule has 0 saturated heterocycles. The number of nitrogens with two attached hydrogens (primary N) is 1. The number of hydrogen-bond donors (Lipinski definition) is 3. The molecule has 0 radical (unpaired) electrons. The molecule has 1 fully saturated rings. The van der Waals surface area contributed by atoms with Gasteiger partial charge in [-0.05, 0) is 48.7 Å². The van der Waals surface area contributed by atoms with Crippen LogP contribution in [0.4, 0.5) is 21.9 Å². The van der Waals surface area contributed by atoms with Crippen LogP contribution in [0.2, 0.25) is 0 Å². The maximum Gasteiger partial charge on any atom is 0.326 e. The Balaban J connectivity index is 1.69. The van der Waals surface area contributed by atoms with Crippen LogP contribution in [0.3, 0.4) is 0 Å². The fraction of sp³-hybridized carbons (Fsp3) is 0.300. The van der Waals surface area contributed by atoms with Crippen molar-refractivity contribution in [2.45, 2.75) is 38.6 Å². The molecule has 3 aromatic rings. The van der Waals surface area contributed by atoms with Crippen LogP contribution in [0.1, 0.15) is 43.2 Å². The molecular formula is C30H35N5O2. The highest BCUT2D eigenvalue weighted by Crippen LogP contribution is 2.34. The van der Waals surface area contributed by atoms with Gasteiger partial charge in [-0.15, -0.1) is 0 Å². The monoisotopic (exact) mass is 497 g/mol. The minimum atomic E-state index is -0.285. The van der Waals surface area contributed by atoms with Crippen molar-refractivity contribution < 1.29 is 9.59 Å². The third kappa shape index (κ3) is 6.24. The summed E-state index contributed by atoms with van der Waals surface area (Å²) >= 11 is 0. The van der Waals surface area contributed by atoms with Crippen molar-refractivity contribution in [3.8, 4) is 0 Å². The van der Waals surface area contributed by atoms with Gasteiger partial charge in [-0.25, -0.2) is 4.79 Å². The van der Waals surface area contributed by atoms with Crippen LogP contribution in [-0.2, 0) is 11.3 Å². The standard InChI is InChI=1S/C30H35N5O2/c1-34(28(36)20-31)24-16-18-25(19-17-24)35(30(37)33-21-22-10-4-2-5-11-22)27-15-9-8-14-26(27)29(32)23-12-6-3-7-13-23/h2,4-5,8-11,14-19,23,32H,3,6-7,12-13,20-21,31H2,1H3,(H,33,37). The molecule has 37 heavy (non-hydrogen) atoms.